The topological polar surface area (TPSA) is 92.3 Å². The second kappa shape index (κ2) is 8.90. The zero-order valence-corrected chi connectivity index (χ0v) is 16.9. The molecule has 0 saturated carbocycles. The van der Waals surface area contributed by atoms with Crippen molar-refractivity contribution in [2.45, 2.75) is 56.4 Å². The normalized spacial score (nSPS) is 18.3. The highest BCUT2D eigenvalue weighted by Gasteiger charge is 2.37. The lowest BCUT2D eigenvalue weighted by Crippen LogP contribution is -2.49. The number of aromatic nitrogens is 2. The number of carbonyl (C=O) groups excluding carboxylic acids is 1. The van der Waals surface area contributed by atoms with Crippen molar-refractivity contribution in [1.82, 2.24) is 14.5 Å². The standard InChI is InChI=1S/C18H24N4O3S2/c1-2-3-12-16-20-21-18(26-16)19-17(23)15-11-7-8-13-22(15)27(24,25)14-9-5-4-6-10-14/h4-6,9-10,15H,2-3,7-8,11-13H2,1H3,(H,19,21,23). The maximum atomic E-state index is 13.0. The minimum atomic E-state index is -3.72. The lowest BCUT2D eigenvalue weighted by atomic mass is 10.0. The summed E-state index contributed by atoms with van der Waals surface area (Å²) >= 11 is 1.35. The van der Waals surface area contributed by atoms with Crippen molar-refractivity contribution >= 4 is 32.4 Å². The summed E-state index contributed by atoms with van der Waals surface area (Å²) in [5, 5.41) is 12.2. The highest BCUT2D eigenvalue weighted by molar-refractivity contribution is 7.89. The van der Waals surface area contributed by atoms with Crippen LogP contribution in [0.15, 0.2) is 35.2 Å². The monoisotopic (exact) mass is 408 g/mol. The van der Waals surface area contributed by atoms with Gasteiger partial charge in [0, 0.05) is 13.0 Å². The average molecular weight is 409 g/mol. The maximum Gasteiger partial charge on any atom is 0.244 e. The van der Waals surface area contributed by atoms with Crippen LogP contribution in [0, 0.1) is 0 Å². The van der Waals surface area contributed by atoms with Gasteiger partial charge in [0.25, 0.3) is 0 Å². The summed E-state index contributed by atoms with van der Waals surface area (Å²) in [6, 6.07) is 7.53. The van der Waals surface area contributed by atoms with Crippen LogP contribution in [-0.2, 0) is 21.2 Å². The summed E-state index contributed by atoms with van der Waals surface area (Å²) in [5.74, 6) is -0.340. The van der Waals surface area contributed by atoms with Gasteiger partial charge in [0.1, 0.15) is 11.0 Å². The molecule has 0 aliphatic carbocycles. The summed E-state index contributed by atoms with van der Waals surface area (Å²) < 4.78 is 27.3. The number of nitrogens with one attached hydrogen (secondary N) is 1. The molecule has 27 heavy (non-hydrogen) atoms. The molecule has 1 aliphatic heterocycles. The van der Waals surface area contributed by atoms with Gasteiger partial charge in [-0.1, -0.05) is 49.3 Å². The Morgan fingerprint density at radius 2 is 2.04 bits per heavy atom. The zero-order chi connectivity index (χ0) is 19.3. The molecule has 7 nitrogen and oxygen atoms in total. The summed E-state index contributed by atoms with van der Waals surface area (Å²) in [7, 11) is -3.72. The molecule has 1 aromatic carbocycles. The number of anilines is 1. The zero-order valence-electron chi connectivity index (χ0n) is 15.3. The van der Waals surface area contributed by atoms with Crippen LogP contribution in [0.25, 0.3) is 0 Å². The fraction of sp³-hybridized carbons (Fsp3) is 0.500. The van der Waals surface area contributed by atoms with Crippen molar-refractivity contribution < 1.29 is 13.2 Å². The molecule has 0 spiro atoms. The molecule has 2 heterocycles. The molecule has 1 aromatic heterocycles. The number of hydrogen-bond acceptors (Lipinski definition) is 6. The van der Waals surface area contributed by atoms with Gasteiger partial charge in [0.15, 0.2) is 0 Å². The van der Waals surface area contributed by atoms with E-state index >= 15 is 0 Å². The molecule has 2 aromatic rings. The Hall–Kier alpha value is -1.84. The van der Waals surface area contributed by atoms with Crippen LogP contribution in [0.5, 0.6) is 0 Å². The fourth-order valence-corrected chi connectivity index (χ4v) is 5.57. The van der Waals surface area contributed by atoms with Crippen molar-refractivity contribution in [3.63, 3.8) is 0 Å². The molecule has 0 radical (unpaired) electrons. The first-order valence-corrected chi connectivity index (χ1v) is 11.5. The van der Waals surface area contributed by atoms with Crippen LogP contribution < -0.4 is 5.32 Å². The molecule has 9 heteroatoms. The Bertz CT molecular complexity index is 868. The first-order chi connectivity index (χ1) is 13.0. The predicted molar refractivity (Wildman–Crippen MR) is 105 cm³/mol. The minimum Gasteiger partial charge on any atom is -0.299 e. The number of amides is 1. The van der Waals surface area contributed by atoms with E-state index in [4.69, 9.17) is 0 Å². The minimum absolute atomic E-state index is 0.211. The number of hydrogen-bond donors (Lipinski definition) is 1. The molecular weight excluding hydrogens is 384 g/mol. The van der Waals surface area contributed by atoms with E-state index in [1.54, 1.807) is 30.3 Å². The van der Waals surface area contributed by atoms with E-state index in [1.807, 2.05) is 0 Å². The maximum absolute atomic E-state index is 13.0. The van der Waals surface area contributed by atoms with Crippen LogP contribution in [0.2, 0.25) is 0 Å². The lowest BCUT2D eigenvalue weighted by molar-refractivity contribution is -0.120. The van der Waals surface area contributed by atoms with E-state index in [9.17, 15) is 13.2 Å². The third kappa shape index (κ3) is 4.72. The molecule has 1 aliphatic rings. The SMILES string of the molecule is CCCCc1nnc(NC(=O)C2CCCCN2S(=O)(=O)c2ccccc2)s1. The van der Waals surface area contributed by atoms with Crippen LogP contribution in [0.1, 0.15) is 44.0 Å². The van der Waals surface area contributed by atoms with E-state index in [2.05, 4.69) is 22.4 Å². The predicted octanol–water partition coefficient (Wildman–Crippen LogP) is 3.06. The average Bonchev–Trinajstić information content (AvgIpc) is 3.14. The molecular formula is C18H24N4O3S2. The molecule has 1 saturated heterocycles. The third-order valence-corrected chi connectivity index (χ3v) is 7.37. The van der Waals surface area contributed by atoms with Gasteiger partial charge in [0.05, 0.1) is 4.90 Å². The summed E-state index contributed by atoms with van der Waals surface area (Å²) in [5.41, 5.74) is 0. The molecule has 1 N–H and O–H groups in total. The van der Waals surface area contributed by atoms with E-state index in [0.717, 1.165) is 37.1 Å². The number of piperidine rings is 1. The van der Waals surface area contributed by atoms with Crippen LogP contribution >= 0.6 is 11.3 Å². The molecule has 1 amide bonds. The molecule has 3 rings (SSSR count). The van der Waals surface area contributed by atoms with Crippen LogP contribution in [-0.4, -0.2) is 41.4 Å². The number of unbranched alkanes of at least 4 members (excludes halogenated alkanes) is 1. The van der Waals surface area contributed by atoms with Gasteiger partial charge < -0.3 is 0 Å². The van der Waals surface area contributed by atoms with Gasteiger partial charge in [-0.3, -0.25) is 10.1 Å². The number of aryl methyl sites for hydroxylation is 1. The van der Waals surface area contributed by atoms with Crippen LogP contribution in [0.3, 0.4) is 0 Å². The Labute approximate surface area is 163 Å². The molecule has 1 atom stereocenters. The van der Waals surface area contributed by atoms with Crippen molar-refractivity contribution in [2.24, 2.45) is 0 Å². The lowest BCUT2D eigenvalue weighted by Gasteiger charge is -2.33. The molecule has 1 unspecified atom stereocenters. The van der Waals surface area contributed by atoms with E-state index in [-0.39, 0.29) is 10.8 Å². The number of carbonyl (C=O) groups is 1. The van der Waals surface area contributed by atoms with Gasteiger partial charge in [-0.15, -0.1) is 10.2 Å². The van der Waals surface area contributed by atoms with Crippen molar-refractivity contribution in [3.05, 3.63) is 35.3 Å². The van der Waals surface area contributed by atoms with E-state index < -0.39 is 16.1 Å². The van der Waals surface area contributed by atoms with Crippen molar-refractivity contribution in [2.75, 3.05) is 11.9 Å². The van der Waals surface area contributed by atoms with Gasteiger partial charge >= 0.3 is 0 Å². The smallest absolute Gasteiger partial charge is 0.244 e. The Morgan fingerprint density at radius 1 is 1.26 bits per heavy atom. The first kappa shape index (κ1) is 19.9. The highest BCUT2D eigenvalue weighted by atomic mass is 32.2. The summed E-state index contributed by atoms with van der Waals surface area (Å²) in [6.07, 6.45) is 4.98. The number of nitrogens with zero attached hydrogens (tertiary/aromatic N) is 3. The van der Waals surface area contributed by atoms with Gasteiger partial charge in [-0.2, -0.15) is 4.31 Å². The van der Waals surface area contributed by atoms with Gasteiger partial charge in [-0.05, 0) is 31.4 Å². The second-order valence-corrected chi connectivity index (χ2v) is 9.49. The summed E-state index contributed by atoms with van der Waals surface area (Å²) in [4.78, 5) is 13.0. The molecule has 146 valence electrons. The van der Waals surface area contributed by atoms with Crippen molar-refractivity contribution in [3.8, 4) is 0 Å². The largest absolute Gasteiger partial charge is 0.299 e. The van der Waals surface area contributed by atoms with Gasteiger partial charge in [0.2, 0.25) is 21.1 Å². The first-order valence-electron chi connectivity index (χ1n) is 9.22. The quantitative estimate of drug-likeness (QED) is 0.760. The Balaban J connectivity index is 1.75. The third-order valence-electron chi connectivity index (χ3n) is 4.55. The highest BCUT2D eigenvalue weighted by Crippen LogP contribution is 2.27. The van der Waals surface area contributed by atoms with Gasteiger partial charge in [-0.25, -0.2) is 8.42 Å². The van der Waals surface area contributed by atoms with Crippen LogP contribution in [0.4, 0.5) is 5.13 Å². The fourth-order valence-electron chi connectivity index (χ4n) is 3.10. The summed E-state index contributed by atoms with van der Waals surface area (Å²) in [6.45, 7) is 2.45. The Morgan fingerprint density at radius 3 is 2.78 bits per heavy atom. The van der Waals surface area contributed by atoms with E-state index in [1.165, 1.54) is 15.6 Å². The Kier molecular flexibility index (Phi) is 6.56. The van der Waals surface area contributed by atoms with Crippen molar-refractivity contribution in [1.29, 1.82) is 0 Å². The van der Waals surface area contributed by atoms with E-state index in [0.29, 0.717) is 18.1 Å². The second-order valence-electron chi connectivity index (χ2n) is 6.53. The number of sulfonamides is 1. The number of rotatable bonds is 7. The molecule has 1 fully saturated rings. The molecule has 0 bridgehead atoms. The number of benzene rings is 1.